The largest absolute Gasteiger partial charge is 0.451 e. The van der Waals surface area contributed by atoms with E-state index in [1.165, 1.54) is 12.1 Å². The first-order chi connectivity index (χ1) is 10.7. The minimum atomic E-state index is -4.78. The van der Waals surface area contributed by atoms with Gasteiger partial charge in [-0.3, -0.25) is 4.79 Å². The molecule has 0 aliphatic rings. The number of carbonyl (C=O) groups excluding carboxylic acids is 2. The maximum atomic E-state index is 12.2. The molecule has 0 aliphatic carbocycles. The van der Waals surface area contributed by atoms with Crippen LogP contribution in [0.4, 0.5) is 0 Å². The van der Waals surface area contributed by atoms with Gasteiger partial charge in [0, 0.05) is 5.56 Å². The van der Waals surface area contributed by atoms with E-state index in [0.717, 1.165) is 5.56 Å². The zero-order valence-corrected chi connectivity index (χ0v) is 14.0. The Morgan fingerprint density at radius 3 is 2.13 bits per heavy atom. The molecule has 0 saturated heterocycles. The van der Waals surface area contributed by atoms with Crippen LogP contribution in [0.3, 0.4) is 0 Å². The molecular formula is C17H17O5P. The highest BCUT2D eigenvalue weighted by atomic mass is 31.2. The van der Waals surface area contributed by atoms with Gasteiger partial charge < -0.3 is 9.42 Å². The molecule has 2 aromatic rings. The molecule has 1 N–H and O–H groups in total. The molecule has 2 rings (SSSR count). The van der Waals surface area contributed by atoms with E-state index in [1.54, 1.807) is 38.1 Å². The first-order valence-corrected chi connectivity index (χ1v) is 8.55. The highest BCUT2D eigenvalue weighted by molar-refractivity contribution is 7.72. The third kappa shape index (κ3) is 3.58. The number of aryl methyl sites for hydroxylation is 2. The molecule has 0 heterocycles. The van der Waals surface area contributed by atoms with Crippen LogP contribution in [-0.2, 0) is 9.09 Å². The molecule has 5 nitrogen and oxygen atoms in total. The second-order valence-corrected chi connectivity index (χ2v) is 6.90. The molecule has 0 amide bonds. The van der Waals surface area contributed by atoms with E-state index in [1.807, 2.05) is 13.0 Å². The van der Waals surface area contributed by atoms with E-state index >= 15 is 0 Å². The molecule has 23 heavy (non-hydrogen) atoms. The van der Waals surface area contributed by atoms with Crippen molar-refractivity contribution >= 4 is 19.1 Å². The molecule has 0 aliphatic heterocycles. The topological polar surface area (TPSA) is 80.7 Å². The molecule has 0 saturated carbocycles. The van der Waals surface area contributed by atoms with Crippen molar-refractivity contribution in [3.8, 4) is 0 Å². The average Bonchev–Trinajstić information content (AvgIpc) is 2.49. The van der Waals surface area contributed by atoms with Crippen molar-refractivity contribution < 1.29 is 23.6 Å². The zero-order valence-electron chi connectivity index (χ0n) is 13.1. The summed E-state index contributed by atoms with van der Waals surface area (Å²) in [5.41, 5.74) is 1.16. The number of carbonyl (C=O) groups is 2. The highest BCUT2D eigenvalue weighted by Crippen LogP contribution is 2.47. The van der Waals surface area contributed by atoms with Gasteiger partial charge in [0.05, 0.1) is 5.56 Å². The first-order valence-electron chi connectivity index (χ1n) is 6.97. The molecular weight excluding hydrogens is 315 g/mol. The molecule has 1 atom stereocenters. The predicted octanol–water partition coefficient (Wildman–Crippen LogP) is 3.79. The summed E-state index contributed by atoms with van der Waals surface area (Å²) >= 11 is 0. The van der Waals surface area contributed by atoms with Gasteiger partial charge in [-0.1, -0.05) is 36.4 Å². The van der Waals surface area contributed by atoms with Gasteiger partial charge in [0.25, 0.3) is 5.52 Å². The van der Waals surface area contributed by atoms with Crippen molar-refractivity contribution in [1.29, 1.82) is 0 Å². The maximum absolute atomic E-state index is 12.2. The summed E-state index contributed by atoms with van der Waals surface area (Å²) in [7, 11) is -4.78. The van der Waals surface area contributed by atoms with Gasteiger partial charge in [0.15, 0.2) is 0 Å². The lowest BCUT2D eigenvalue weighted by Crippen LogP contribution is -2.12. The lowest BCUT2D eigenvalue weighted by Gasteiger charge is -2.13. The molecule has 0 bridgehead atoms. The van der Waals surface area contributed by atoms with Crippen molar-refractivity contribution in [2.75, 3.05) is 0 Å². The Morgan fingerprint density at radius 1 is 0.913 bits per heavy atom. The van der Waals surface area contributed by atoms with Crippen LogP contribution in [0.2, 0.25) is 0 Å². The molecule has 2 aromatic carbocycles. The normalized spacial score (nSPS) is 13.2. The molecule has 0 fully saturated rings. The monoisotopic (exact) mass is 332 g/mol. The van der Waals surface area contributed by atoms with Crippen molar-refractivity contribution in [3.05, 3.63) is 70.3 Å². The Morgan fingerprint density at radius 2 is 1.48 bits per heavy atom. The fraction of sp³-hybridized carbons (Fsp3) is 0.176. The van der Waals surface area contributed by atoms with E-state index in [2.05, 4.69) is 4.52 Å². The smallest absolute Gasteiger partial charge is 0.383 e. The third-order valence-electron chi connectivity index (χ3n) is 3.66. The molecule has 120 valence electrons. The fourth-order valence-corrected chi connectivity index (χ4v) is 3.10. The number of benzene rings is 2. The standard InChI is InChI=1S/C17H17O5P/c1-11-8-6-10-15(13(11)3)16(18)22-23(20,21)17(19)14-9-5-4-7-12(14)2/h4-10H,1-3H3,(H,20,21). The number of hydrogen-bond acceptors (Lipinski definition) is 4. The minimum Gasteiger partial charge on any atom is -0.383 e. The second kappa shape index (κ2) is 6.49. The minimum absolute atomic E-state index is 0.0621. The summed E-state index contributed by atoms with van der Waals surface area (Å²) in [5.74, 6) is -0.987. The van der Waals surface area contributed by atoms with Gasteiger partial charge in [-0.2, -0.15) is 0 Å². The Hall–Kier alpha value is -2.23. The van der Waals surface area contributed by atoms with E-state index in [0.29, 0.717) is 11.1 Å². The van der Waals surface area contributed by atoms with Crippen molar-refractivity contribution in [3.63, 3.8) is 0 Å². The van der Waals surface area contributed by atoms with Crippen LogP contribution in [0.15, 0.2) is 42.5 Å². The van der Waals surface area contributed by atoms with Gasteiger partial charge in [-0.25, -0.2) is 9.36 Å². The maximum Gasteiger partial charge on any atom is 0.451 e. The molecule has 1 unspecified atom stereocenters. The van der Waals surface area contributed by atoms with E-state index in [4.69, 9.17) is 0 Å². The van der Waals surface area contributed by atoms with E-state index in [9.17, 15) is 19.0 Å². The number of rotatable bonds is 4. The van der Waals surface area contributed by atoms with Crippen LogP contribution >= 0.6 is 7.60 Å². The van der Waals surface area contributed by atoms with E-state index < -0.39 is 19.1 Å². The van der Waals surface area contributed by atoms with Crippen LogP contribution in [0, 0.1) is 20.8 Å². The molecule has 6 heteroatoms. The molecule has 0 aromatic heterocycles. The van der Waals surface area contributed by atoms with E-state index in [-0.39, 0.29) is 11.1 Å². The quantitative estimate of drug-likeness (QED) is 0.862. The van der Waals surface area contributed by atoms with Crippen LogP contribution in [-0.4, -0.2) is 16.4 Å². The number of hydrogen-bond donors (Lipinski definition) is 1. The average molecular weight is 332 g/mol. The summed E-state index contributed by atoms with van der Waals surface area (Å²) in [6.45, 7) is 5.15. The van der Waals surface area contributed by atoms with Crippen LogP contribution in [0.5, 0.6) is 0 Å². The van der Waals surface area contributed by atoms with Crippen LogP contribution in [0.1, 0.15) is 37.4 Å². The summed E-state index contributed by atoms with van der Waals surface area (Å²) in [6.07, 6.45) is 0. The lowest BCUT2D eigenvalue weighted by molar-refractivity contribution is 0.0699. The van der Waals surface area contributed by atoms with Gasteiger partial charge >= 0.3 is 13.6 Å². The van der Waals surface area contributed by atoms with Crippen LogP contribution < -0.4 is 0 Å². The summed E-state index contributed by atoms with van der Waals surface area (Å²) in [6, 6.07) is 11.3. The van der Waals surface area contributed by atoms with Crippen molar-refractivity contribution in [2.45, 2.75) is 20.8 Å². The summed E-state index contributed by atoms with van der Waals surface area (Å²) < 4.78 is 16.9. The first kappa shape index (κ1) is 17.1. The summed E-state index contributed by atoms with van der Waals surface area (Å²) in [5, 5.41) is 0. The van der Waals surface area contributed by atoms with Gasteiger partial charge in [0.1, 0.15) is 0 Å². The van der Waals surface area contributed by atoms with Gasteiger partial charge in [0.2, 0.25) is 0 Å². The Kier molecular flexibility index (Phi) is 4.83. The van der Waals surface area contributed by atoms with Gasteiger partial charge in [-0.15, -0.1) is 0 Å². The fourth-order valence-electron chi connectivity index (χ4n) is 2.14. The summed E-state index contributed by atoms with van der Waals surface area (Å²) in [4.78, 5) is 34.3. The second-order valence-electron chi connectivity index (χ2n) is 5.27. The van der Waals surface area contributed by atoms with Crippen molar-refractivity contribution in [2.24, 2.45) is 0 Å². The zero-order chi connectivity index (χ0) is 17.2. The third-order valence-corrected chi connectivity index (χ3v) is 4.83. The Bertz CT molecular complexity index is 825. The lowest BCUT2D eigenvalue weighted by atomic mass is 10.0. The van der Waals surface area contributed by atoms with Gasteiger partial charge in [-0.05, 0) is 43.5 Å². The van der Waals surface area contributed by atoms with Crippen molar-refractivity contribution in [1.82, 2.24) is 0 Å². The SMILES string of the molecule is Cc1ccccc1C(=O)P(=O)(O)OC(=O)c1cccc(C)c1C. The molecule has 0 spiro atoms. The molecule has 0 radical (unpaired) electrons. The highest BCUT2D eigenvalue weighted by Gasteiger charge is 2.36. The Balaban J connectivity index is 2.29. The van der Waals surface area contributed by atoms with Crippen LogP contribution in [0.25, 0.3) is 0 Å². The predicted molar refractivity (Wildman–Crippen MR) is 86.7 cm³/mol. The Labute approximate surface area is 134 Å².